The SMILES string of the molecule is Cc1ccc2c(c1)/C(=C/C(=O)O)CC2. The summed E-state index contributed by atoms with van der Waals surface area (Å²) in [7, 11) is 0. The molecule has 0 unspecified atom stereocenters. The number of benzene rings is 1. The van der Waals surface area contributed by atoms with Gasteiger partial charge in [0.15, 0.2) is 0 Å². The molecule has 2 rings (SSSR count). The second kappa shape index (κ2) is 3.29. The van der Waals surface area contributed by atoms with Crippen molar-refractivity contribution in [1.82, 2.24) is 0 Å². The highest BCUT2D eigenvalue weighted by Crippen LogP contribution is 2.32. The van der Waals surface area contributed by atoms with Crippen LogP contribution in [0, 0.1) is 6.92 Å². The Morgan fingerprint density at radius 2 is 2.21 bits per heavy atom. The second-order valence-electron chi connectivity index (χ2n) is 3.67. The van der Waals surface area contributed by atoms with E-state index in [1.165, 1.54) is 17.2 Å². The molecule has 14 heavy (non-hydrogen) atoms. The van der Waals surface area contributed by atoms with Crippen LogP contribution >= 0.6 is 0 Å². The van der Waals surface area contributed by atoms with Crippen LogP contribution in [0.2, 0.25) is 0 Å². The maximum atomic E-state index is 10.6. The van der Waals surface area contributed by atoms with Gasteiger partial charge in [0, 0.05) is 6.08 Å². The third kappa shape index (κ3) is 1.55. The zero-order valence-electron chi connectivity index (χ0n) is 8.08. The molecule has 1 aromatic rings. The lowest BCUT2D eigenvalue weighted by Gasteiger charge is -2.01. The van der Waals surface area contributed by atoms with Gasteiger partial charge in [-0.25, -0.2) is 4.79 Å². The van der Waals surface area contributed by atoms with E-state index in [-0.39, 0.29) is 0 Å². The van der Waals surface area contributed by atoms with Gasteiger partial charge in [-0.2, -0.15) is 0 Å². The summed E-state index contributed by atoms with van der Waals surface area (Å²) in [6.07, 6.45) is 3.14. The number of rotatable bonds is 1. The summed E-state index contributed by atoms with van der Waals surface area (Å²) >= 11 is 0. The molecule has 1 aliphatic carbocycles. The van der Waals surface area contributed by atoms with Gasteiger partial charge >= 0.3 is 5.97 Å². The highest BCUT2D eigenvalue weighted by Gasteiger charge is 2.16. The summed E-state index contributed by atoms with van der Waals surface area (Å²) < 4.78 is 0. The zero-order valence-corrected chi connectivity index (χ0v) is 8.08. The molecule has 72 valence electrons. The standard InChI is InChI=1S/C12H12O2/c1-8-2-3-9-4-5-10(7-12(13)14)11(9)6-8/h2-3,6-7H,4-5H2,1H3,(H,13,14)/b10-7+. The highest BCUT2D eigenvalue weighted by atomic mass is 16.4. The van der Waals surface area contributed by atoms with Crippen LogP contribution in [-0.4, -0.2) is 11.1 Å². The molecule has 0 amide bonds. The minimum absolute atomic E-state index is 0.852. The van der Waals surface area contributed by atoms with E-state index in [2.05, 4.69) is 18.2 Å². The fourth-order valence-electron chi connectivity index (χ4n) is 1.91. The van der Waals surface area contributed by atoms with Crippen LogP contribution in [0.1, 0.15) is 23.1 Å². The number of aryl methyl sites for hydroxylation is 2. The van der Waals surface area contributed by atoms with Crippen LogP contribution in [-0.2, 0) is 11.2 Å². The minimum atomic E-state index is -0.852. The third-order valence-corrected chi connectivity index (χ3v) is 2.57. The fourth-order valence-corrected chi connectivity index (χ4v) is 1.91. The van der Waals surface area contributed by atoms with Gasteiger partial charge in [0.1, 0.15) is 0 Å². The van der Waals surface area contributed by atoms with Crippen LogP contribution in [0.15, 0.2) is 24.3 Å². The topological polar surface area (TPSA) is 37.3 Å². The van der Waals surface area contributed by atoms with Gasteiger partial charge in [0.25, 0.3) is 0 Å². The lowest BCUT2D eigenvalue weighted by Crippen LogP contribution is -1.90. The van der Waals surface area contributed by atoms with E-state index in [0.717, 1.165) is 24.0 Å². The van der Waals surface area contributed by atoms with E-state index >= 15 is 0 Å². The van der Waals surface area contributed by atoms with Crippen LogP contribution in [0.5, 0.6) is 0 Å². The van der Waals surface area contributed by atoms with Crippen LogP contribution in [0.3, 0.4) is 0 Å². The number of hydrogen-bond donors (Lipinski definition) is 1. The Kier molecular flexibility index (Phi) is 2.12. The van der Waals surface area contributed by atoms with E-state index in [1.54, 1.807) is 0 Å². The number of carboxylic acid groups (broad SMARTS) is 1. The monoisotopic (exact) mass is 188 g/mol. The molecule has 0 radical (unpaired) electrons. The van der Waals surface area contributed by atoms with E-state index in [4.69, 9.17) is 5.11 Å². The molecular weight excluding hydrogens is 176 g/mol. The van der Waals surface area contributed by atoms with Crippen molar-refractivity contribution in [2.24, 2.45) is 0 Å². The zero-order chi connectivity index (χ0) is 10.1. The van der Waals surface area contributed by atoms with E-state index < -0.39 is 5.97 Å². The Morgan fingerprint density at radius 3 is 2.93 bits per heavy atom. The molecule has 0 bridgehead atoms. The predicted molar refractivity (Wildman–Crippen MR) is 55.1 cm³/mol. The summed E-state index contributed by atoms with van der Waals surface area (Å²) in [4.78, 5) is 10.6. The molecule has 0 aromatic heterocycles. The van der Waals surface area contributed by atoms with Gasteiger partial charge in [0.2, 0.25) is 0 Å². The van der Waals surface area contributed by atoms with Gasteiger partial charge in [0.05, 0.1) is 0 Å². The van der Waals surface area contributed by atoms with Gasteiger partial charge in [-0.1, -0.05) is 23.8 Å². The average molecular weight is 188 g/mol. The van der Waals surface area contributed by atoms with Crippen LogP contribution in [0.25, 0.3) is 5.57 Å². The quantitative estimate of drug-likeness (QED) is 0.687. The van der Waals surface area contributed by atoms with Gasteiger partial charge in [-0.05, 0) is 36.5 Å². The first-order valence-electron chi connectivity index (χ1n) is 4.70. The summed E-state index contributed by atoms with van der Waals surface area (Å²) in [6, 6.07) is 6.23. The number of allylic oxidation sites excluding steroid dienone is 1. The number of fused-ring (bicyclic) bond motifs is 1. The van der Waals surface area contributed by atoms with Crippen LogP contribution < -0.4 is 0 Å². The van der Waals surface area contributed by atoms with Gasteiger partial charge in [-0.15, -0.1) is 0 Å². The first-order valence-corrected chi connectivity index (χ1v) is 4.70. The third-order valence-electron chi connectivity index (χ3n) is 2.57. The maximum Gasteiger partial charge on any atom is 0.328 e. The molecule has 0 aliphatic heterocycles. The Balaban J connectivity index is 2.48. The molecule has 1 aromatic carbocycles. The summed E-state index contributed by atoms with van der Waals surface area (Å²) in [5.74, 6) is -0.852. The first-order chi connectivity index (χ1) is 6.66. The lowest BCUT2D eigenvalue weighted by atomic mass is 10.0. The summed E-state index contributed by atoms with van der Waals surface area (Å²) in [5, 5.41) is 8.69. The molecule has 0 atom stereocenters. The fraction of sp³-hybridized carbons (Fsp3) is 0.250. The van der Waals surface area contributed by atoms with E-state index in [9.17, 15) is 4.79 Å². The van der Waals surface area contributed by atoms with Crippen molar-refractivity contribution < 1.29 is 9.90 Å². The Morgan fingerprint density at radius 1 is 1.43 bits per heavy atom. The smallest absolute Gasteiger partial charge is 0.328 e. The lowest BCUT2D eigenvalue weighted by molar-refractivity contribution is -0.131. The Bertz CT molecular complexity index is 416. The summed E-state index contributed by atoms with van der Waals surface area (Å²) in [5.41, 5.74) is 4.52. The number of hydrogen-bond acceptors (Lipinski definition) is 1. The minimum Gasteiger partial charge on any atom is -0.478 e. The molecule has 0 heterocycles. The summed E-state index contributed by atoms with van der Waals surface area (Å²) in [6.45, 7) is 2.02. The van der Waals surface area contributed by atoms with E-state index in [0.29, 0.717) is 0 Å². The van der Waals surface area contributed by atoms with Gasteiger partial charge in [-0.3, -0.25) is 0 Å². The van der Waals surface area contributed by atoms with E-state index in [1.807, 2.05) is 6.92 Å². The number of aliphatic carboxylic acids is 1. The Labute approximate surface area is 82.9 Å². The molecule has 1 N–H and O–H groups in total. The van der Waals surface area contributed by atoms with Crippen molar-refractivity contribution in [2.75, 3.05) is 0 Å². The van der Waals surface area contributed by atoms with Crippen molar-refractivity contribution in [3.05, 3.63) is 41.0 Å². The first kappa shape index (κ1) is 9.00. The molecule has 0 saturated heterocycles. The molecule has 0 fully saturated rings. The molecular formula is C12H12O2. The van der Waals surface area contributed by atoms with Crippen LogP contribution in [0.4, 0.5) is 0 Å². The predicted octanol–water partition coefficient (Wildman–Crippen LogP) is 2.41. The molecule has 2 heteroatoms. The largest absolute Gasteiger partial charge is 0.478 e. The normalized spacial score (nSPS) is 17.1. The molecule has 0 saturated carbocycles. The Hall–Kier alpha value is -1.57. The maximum absolute atomic E-state index is 10.6. The second-order valence-corrected chi connectivity index (χ2v) is 3.67. The molecule has 1 aliphatic rings. The number of carbonyl (C=O) groups is 1. The number of carboxylic acids is 1. The van der Waals surface area contributed by atoms with Crippen molar-refractivity contribution in [1.29, 1.82) is 0 Å². The van der Waals surface area contributed by atoms with Gasteiger partial charge < -0.3 is 5.11 Å². The van der Waals surface area contributed by atoms with Crippen molar-refractivity contribution in [3.63, 3.8) is 0 Å². The molecule has 2 nitrogen and oxygen atoms in total. The average Bonchev–Trinajstić information content (AvgIpc) is 2.47. The van der Waals surface area contributed by atoms with Crippen molar-refractivity contribution >= 4 is 11.5 Å². The van der Waals surface area contributed by atoms with Crippen molar-refractivity contribution in [3.8, 4) is 0 Å². The van der Waals surface area contributed by atoms with Crippen molar-refractivity contribution in [2.45, 2.75) is 19.8 Å². The molecule has 0 spiro atoms. The highest BCUT2D eigenvalue weighted by molar-refractivity contribution is 5.91.